The number of nitrogens with two attached hydrogens (primary N) is 1. The van der Waals surface area contributed by atoms with E-state index in [1.54, 1.807) is 36.6 Å². The number of hydrogen-bond donors (Lipinski definition) is 3. The highest BCUT2D eigenvalue weighted by atomic mass is 19.1. The first-order valence-electron chi connectivity index (χ1n) is 13.5. The molecule has 4 N–H and O–H groups in total. The summed E-state index contributed by atoms with van der Waals surface area (Å²) in [7, 11) is 0. The number of ether oxygens (including phenoxy) is 1. The molecule has 10 nitrogen and oxygen atoms in total. The topological polar surface area (TPSA) is 149 Å². The maximum absolute atomic E-state index is 15.1. The van der Waals surface area contributed by atoms with Crippen molar-refractivity contribution in [3.63, 3.8) is 0 Å². The zero-order valence-corrected chi connectivity index (χ0v) is 22.4. The standard InChI is InChI=1S/C30H26FN5O5/c1-3-30(40)18-8-23-26-16(11-36(23)28(38)17(18)12-41-29(30)39)25-20(35-27(37)21-6-4-14(32)10-33-21)7-5-15-13(2)19(31)9-22(34-26)24(15)25/h4,6,8-10,20,40H,3,5,7,11-12,32H2,1-2H3,(H,35,37)/t20-,30-/m0/s1. The minimum absolute atomic E-state index is 0.0199. The van der Waals surface area contributed by atoms with Gasteiger partial charge < -0.3 is 25.5 Å². The number of nitrogens with zero attached hydrogens (tertiary/aromatic N) is 3. The lowest BCUT2D eigenvalue weighted by molar-refractivity contribution is -0.172. The Hall–Kier alpha value is -4.64. The lowest BCUT2D eigenvalue weighted by Crippen LogP contribution is -2.44. The normalized spacial score (nSPS) is 20.3. The predicted molar refractivity (Wildman–Crippen MR) is 146 cm³/mol. The van der Waals surface area contributed by atoms with E-state index in [0.29, 0.717) is 41.0 Å². The van der Waals surface area contributed by atoms with Crippen LogP contribution in [-0.2, 0) is 34.7 Å². The number of carbonyl (C=O) groups is 2. The van der Waals surface area contributed by atoms with Gasteiger partial charge >= 0.3 is 5.97 Å². The summed E-state index contributed by atoms with van der Waals surface area (Å²) in [6.45, 7) is 3.29. The van der Waals surface area contributed by atoms with Crippen LogP contribution in [-0.4, -0.2) is 31.5 Å². The molecule has 4 aromatic rings. The van der Waals surface area contributed by atoms with Crippen molar-refractivity contribution in [2.45, 2.75) is 57.9 Å². The zero-order valence-electron chi connectivity index (χ0n) is 22.4. The Labute approximate surface area is 233 Å². The Morgan fingerprint density at radius 3 is 2.80 bits per heavy atom. The minimum atomic E-state index is -1.96. The number of nitrogens with one attached hydrogen (secondary N) is 1. The Morgan fingerprint density at radius 1 is 1.27 bits per heavy atom. The van der Waals surface area contributed by atoms with Gasteiger partial charge in [-0.2, -0.15) is 0 Å². The van der Waals surface area contributed by atoms with Crippen molar-refractivity contribution in [2.24, 2.45) is 0 Å². The number of halogens is 1. The van der Waals surface area contributed by atoms with E-state index in [1.165, 1.54) is 12.3 Å². The van der Waals surface area contributed by atoms with Crippen LogP contribution in [0.15, 0.2) is 35.3 Å². The summed E-state index contributed by atoms with van der Waals surface area (Å²) in [6, 6.07) is 5.69. The van der Waals surface area contributed by atoms with E-state index >= 15 is 4.39 Å². The van der Waals surface area contributed by atoms with Gasteiger partial charge in [0.05, 0.1) is 46.9 Å². The number of carbonyl (C=O) groups excluding carboxylic acids is 2. The van der Waals surface area contributed by atoms with Crippen LogP contribution < -0.4 is 16.6 Å². The van der Waals surface area contributed by atoms with Gasteiger partial charge in [0, 0.05) is 22.6 Å². The quantitative estimate of drug-likeness (QED) is 0.288. The fourth-order valence-electron chi connectivity index (χ4n) is 6.47. The molecular weight excluding hydrogens is 529 g/mol. The number of fused-ring (bicyclic) bond motifs is 5. The number of aryl methyl sites for hydroxylation is 1. The van der Waals surface area contributed by atoms with Crippen LogP contribution in [0.4, 0.5) is 10.1 Å². The van der Waals surface area contributed by atoms with Crippen molar-refractivity contribution < 1.29 is 23.8 Å². The molecule has 3 aliphatic rings. The number of anilines is 1. The number of nitrogen functional groups attached to an aromatic ring is 1. The van der Waals surface area contributed by atoms with Crippen molar-refractivity contribution in [1.82, 2.24) is 19.9 Å². The fourth-order valence-corrected chi connectivity index (χ4v) is 6.47. The maximum Gasteiger partial charge on any atom is 0.343 e. The van der Waals surface area contributed by atoms with Gasteiger partial charge in [0.15, 0.2) is 5.60 Å². The second-order valence-electron chi connectivity index (χ2n) is 10.9. The van der Waals surface area contributed by atoms with E-state index in [0.717, 1.165) is 22.1 Å². The summed E-state index contributed by atoms with van der Waals surface area (Å²) in [5.41, 5.74) is 8.56. The number of aromatic nitrogens is 3. The van der Waals surface area contributed by atoms with Crippen LogP contribution in [0.3, 0.4) is 0 Å². The molecule has 11 heteroatoms. The molecule has 5 heterocycles. The minimum Gasteiger partial charge on any atom is -0.458 e. The first kappa shape index (κ1) is 25.3. The summed E-state index contributed by atoms with van der Waals surface area (Å²) in [6.07, 6.45) is 2.46. The van der Waals surface area contributed by atoms with Gasteiger partial charge in [-0.25, -0.2) is 19.2 Å². The predicted octanol–water partition coefficient (Wildman–Crippen LogP) is 2.92. The lowest BCUT2D eigenvalue weighted by atomic mass is 9.81. The second-order valence-corrected chi connectivity index (χ2v) is 10.9. The van der Waals surface area contributed by atoms with E-state index in [2.05, 4.69) is 10.3 Å². The Balaban J connectivity index is 1.45. The molecule has 3 aromatic heterocycles. The Morgan fingerprint density at radius 2 is 2.07 bits per heavy atom. The first-order valence-corrected chi connectivity index (χ1v) is 13.5. The van der Waals surface area contributed by atoms with Crippen LogP contribution in [0.1, 0.15) is 69.7 Å². The van der Waals surface area contributed by atoms with Gasteiger partial charge in [0.25, 0.3) is 11.5 Å². The highest BCUT2D eigenvalue weighted by molar-refractivity contribution is 5.96. The van der Waals surface area contributed by atoms with E-state index in [4.69, 9.17) is 15.5 Å². The Bertz CT molecular complexity index is 1900. The molecule has 0 radical (unpaired) electrons. The van der Waals surface area contributed by atoms with E-state index < -0.39 is 23.2 Å². The number of benzene rings is 1. The number of amides is 1. The molecule has 0 fully saturated rings. The Kier molecular flexibility index (Phi) is 5.36. The molecule has 208 valence electrons. The largest absolute Gasteiger partial charge is 0.458 e. The summed E-state index contributed by atoms with van der Waals surface area (Å²) in [5.74, 6) is -1.58. The molecule has 0 unspecified atom stereocenters. The molecule has 1 aromatic carbocycles. The lowest BCUT2D eigenvalue weighted by Gasteiger charge is -2.31. The molecular formula is C30H26FN5O5. The van der Waals surface area contributed by atoms with Gasteiger partial charge in [0.2, 0.25) is 0 Å². The van der Waals surface area contributed by atoms with Gasteiger partial charge in [-0.15, -0.1) is 0 Å². The molecule has 1 amide bonds. The third kappa shape index (κ3) is 3.48. The van der Waals surface area contributed by atoms with Gasteiger partial charge in [-0.1, -0.05) is 6.92 Å². The molecule has 0 saturated carbocycles. The summed E-state index contributed by atoms with van der Waals surface area (Å²) in [5, 5.41) is 15.1. The smallest absolute Gasteiger partial charge is 0.343 e. The van der Waals surface area contributed by atoms with Gasteiger partial charge in [0.1, 0.15) is 18.1 Å². The highest BCUT2D eigenvalue weighted by Crippen LogP contribution is 2.46. The van der Waals surface area contributed by atoms with Crippen molar-refractivity contribution in [3.05, 3.63) is 85.7 Å². The number of pyridine rings is 3. The number of aliphatic hydroxyl groups is 1. The second kappa shape index (κ2) is 8.68. The molecule has 0 bridgehead atoms. The molecule has 2 atom stereocenters. The summed E-state index contributed by atoms with van der Waals surface area (Å²) >= 11 is 0. The van der Waals surface area contributed by atoms with E-state index in [9.17, 15) is 19.5 Å². The molecule has 0 saturated heterocycles. The highest BCUT2D eigenvalue weighted by Gasteiger charge is 2.46. The zero-order chi connectivity index (χ0) is 28.8. The molecule has 41 heavy (non-hydrogen) atoms. The molecule has 2 aliphatic heterocycles. The van der Waals surface area contributed by atoms with Crippen LogP contribution in [0, 0.1) is 12.7 Å². The SMILES string of the molecule is CC[C@@]1(O)C(=O)OCc2c1cc1n(c2=O)Cc2c-1nc1cc(F)c(C)c3c1c2[C@@H](NC(=O)c1ccc(N)cn1)CC3. The third-order valence-corrected chi connectivity index (χ3v) is 8.70. The van der Waals surface area contributed by atoms with Crippen molar-refractivity contribution in [2.75, 3.05) is 5.73 Å². The van der Waals surface area contributed by atoms with E-state index in [1.807, 2.05) is 0 Å². The fraction of sp³-hybridized carbons (Fsp3) is 0.300. The molecule has 1 aliphatic carbocycles. The van der Waals surface area contributed by atoms with E-state index in [-0.39, 0.29) is 48.1 Å². The number of hydrogen-bond acceptors (Lipinski definition) is 8. The molecule has 0 spiro atoms. The van der Waals surface area contributed by atoms with Crippen LogP contribution in [0.25, 0.3) is 22.3 Å². The number of rotatable bonds is 3. The average molecular weight is 556 g/mol. The van der Waals surface area contributed by atoms with Crippen LogP contribution in [0.2, 0.25) is 0 Å². The molecule has 7 rings (SSSR count). The van der Waals surface area contributed by atoms with Crippen molar-refractivity contribution in [3.8, 4) is 11.4 Å². The third-order valence-electron chi connectivity index (χ3n) is 8.70. The van der Waals surface area contributed by atoms with Crippen LogP contribution in [0.5, 0.6) is 0 Å². The summed E-state index contributed by atoms with van der Waals surface area (Å²) in [4.78, 5) is 48.5. The number of cyclic esters (lactones) is 1. The first-order chi connectivity index (χ1) is 19.6. The van der Waals surface area contributed by atoms with Crippen molar-refractivity contribution >= 4 is 28.5 Å². The summed E-state index contributed by atoms with van der Waals surface area (Å²) < 4.78 is 21.8. The monoisotopic (exact) mass is 555 g/mol. The number of esters is 1. The van der Waals surface area contributed by atoms with Crippen molar-refractivity contribution in [1.29, 1.82) is 0 Å². The average Bonchev–Trinajstić information content (AvgIpc) is 3.33. The van der Waals surface area contributed by atoms with Gasteiger partial charge in [-0.3, -0.25) is 9.59 Å². The van der Waals surface area contributed by atoms with Crippen LogP contribution >= 0.6 is 0 Å². The maximum atomic E-state index is 15.1. The van der Waals surface area contributed by atoms with Gasteiger partial charge in [-0.05, 0) is 61.1 Å².